The Kier molecular flexibility index (Phi) is 5.17. The van der Waals surface area contributed by atoms with E-state index in [4.69, 9.17) is 9.72 Å². The molecule has 152 valence electrons. The van der Waals surface area contributed by atoms with Gasteiger partial charge in [0.15, 0.2) is 0 Å². The summed E-state index contributed by atoms with van der Waals surface area (Å²) in [6, 6.07) is 10.4. The fourth-order valence-corrected chi connectivity index (χ4v) is 4.50. The standard InChI is InChI=1S/C22H26N4O2S/c1-15-23-19(25-10-12-26(13-11-25)21(27)28-22(2,3)4)18-17(14-29-20(18)24-15)16-8-6-5-7-9-16/h5-9,14H,10-13H2,1-4H3. The number of thiophene rings is 1. The van der Waals surface area contributed by atoms with E-state index in [-0.39, 0.29) is 6.09 Å². The molecule has 3 heterocycles. The largest absolute Gasteiger partial charge is 0.444 e. The number of hydrogen-bond donors (Lipinski definition) is 0. The van der Waals surface area contributed by atoms with Gasteiger partial charge in [0.2, 0.25) is 0 Å². The molecule has 2 aromatic heterocycles. The van der Waals surface area contributed by atoms with Crippen LogP contribution in [0.25, 0.3) is 21.3 Å². The van der Waals surface area contributed by atoms with Crippen molar-refractivity contribution in [3.8, 4) is 11.1 Å². The smallest absolute Gasteiger partial charge is 0.410 e. The maximum absolute atomic E-state index is 12.4. The predicted octanol–water partition coefficient (Wildman–Crippen LogP) is 4.72. The lowest BCUT2D eigenvalue weighted by Crippen LogP contribution is -2.50. The molecule has 1 fully saturated rings. The number of aromatic nitrogens is 2. The van der Waals surface area contributed by atoms with E-state index in [1.54, 1.807) is 16.2 Å². The number of carbonyl (C=O) groups excluding carboxylic acids is 1. The van der Waals surface area contributed by atoms with E-state index in [0.717, 1.165) is 40.5 Å². The molecule has 1 aliphatic rings. The molecule has 0 bridgehead atoms. The van der Waals surface area contributed by atoms with Gasteiger partial charge in [-0.2, -0.15) is 0 Å². The lowest BCUT2D eigenvalue weighted by Gasteiger charge is -2.36. The van der Waals surface area contributed by atoms with Gasteiger partial charge in [-0.3, -0.25) is 0 Å². The van der Waals surface area contributed by atoms with Crippen molar-refractivity contribution in [2.45, 2.75) is 33.3 Å². The first-order valence-corrected chi connectivity index (χ1v) is 10.7. The zero-order valence-corrected chi connectivity index (χ0v) is 18.1. The quantitative estimate of drug-likeness (QED) is 0.612. The molecule has 0 radical (unpaired) electrons. The van der Waals surface area contributed by atoms with Crippen LogP contribution in [-0.4, -0.2) is 52.7 Å². The summed E-state index contributed by atoms with van der Waals surface area (Å²) in [7, 11) is 0. The van der Waals surface area contributed by atoms with Crippen molar-refractivity contribution >= 4 is 33.5 Å². The molecule has 0 atom stereocenters. The summed E-state index contributed by atoms with van der Waals surface area (Å²) in [4.78, 5) is 26.9. The van der Waals surface area contributed by atoms with Crippen LogP contribution in [0.2, 0.25) is 0 Å². The highest BCUT2D eigenvalue weighted by atomic mass is 32.1. The van der Waals surface area contributed by atoms with Crippen molar-refractivity contribution in [2.24, 2.45) is 0 Å². The lowest BCUT2D eigenvalue weighted by molar-refractivity contribution is 0.0240. The fraction of sp³-hybridized carbons (Fsp3) is 0.409. The average molecular weight is 411 g/mol. The molecular formula is C22H26N4O2S. The number of benzene rings is 1. The molecule has 6 nitrogen and oxygen atoms in total. The van der Waals surface area contributed by atoms with Crippen LogP contribution in [0.15, 0.2) is 35.7 Å². The first-order valence-electron chi connectivity index (χ1n) is 9.86. The topological polar surface area (TPSA) is 58.6 Å². The Morgan fingerprint density at radius 3 is 2.41 bits per heavy atom. The highest BCUT2D eigenvalue weighted by molar-refractivity contribution is 7.17. The minimum atomic E-state index is -0.481. The molecule has 29 heavy (non-hydrogen) atoms. The number of nitrogens with zero attached hydrogens (tertiary/aromatic N) is 4. The SMILES string of the molecule is Cc1nc(N2CCN(C(=O)OC(C)(C)C)CC2)c2c(-c3ccccc3)csc2n1. The maximum atomic E-state index is 12.4. The number of rotatable bonds is 2. The molecule has 4 rings (SSSR count). The Balaban J connectivity index is 1.62. The highest BCUT2D eigenvalue weighted by Crippen LogP contribution is 2.38. The number of hydrogen-bond acceptors (Lipinski definition) is 6. The van der Waals surface area contributed by atoms with Crippen molar-refractivity contribution in [3.63, 3.8) is 0 Å². The van der Waals surface area contributed by atoms with E-state index < -0.39 is 5.60 Å². The van der Waals surface area contributed by atoms with Crippen LogP contribution in [0.4, 0.5) is 10.6 Å². The number of amides is 1. The summed E-state index contributed by atoms with van der Waals surface area (Å²) in [5, 5.41) is 3.26. The molecule has 0 unspecified atom stereocenters. The normalized spacial score (nSPS) is 15.0. The van der Waals surface area contributed by atoms with Gasteiger partial charge >= 0.3 is 6.09 Å². The fourth-order valence-electron chi connectivity index (χ4n) is 3.51. The molecule has 1 aliphatic heterocycles. The van der Waals surface area contributed by atoms with E-state index in [1.807, 2.05) is 45.9 Å². The number of fused-ring (bicyclic) bond motifs is 1. The van der Waals surface area contributed by atoms with Gasteiger partial charge < -0.3 is 14.5 Å². The zero-order chi connectivity index (χ0) is 20.6. The number of aryl methyl sites for hydroxylation is 1. The van der Waals surface area contributed by atoms with Crippen LogP contribution in [-0.2, 0) is 4.74 Å². The van der Waals surface area contributed by atoms with Crippen molar-refractivity contribution in [1.29, 1.82) is 0 Å². The Morgan fingerprint density at radius 2 is 1.76 bits per heavy atom. The van der Waals surface area contributed by atoms with E-state index in [2.05, 4.69) is 27.4 Å². The van der Waals surface area contributed by atoms with Gasteiger partial charge in [0, 0.05) is 37.1 Å². The molecule has 0 N–H and O–H groups in total. The predicted molar refractivity (Wildman–Crippen MR) is 118 cm³/mol. The Labute approximate surface area is 175 Å². The third kappa shape index (κ3) is 4.19. The lowest BCUT2D eigenvalue weighted by atomic mass is 10.1. The third-order valence-corrected chi connectivity index (χ3v) is 5.71. The van der Waals surface area contributed by atoms with Gasteiger partial charge in [0.1, 0.15) is 22.1 Å². The van der Waals surface area contributed by atoms with Gasteiger partial charge in [-0.15, -0.1) is 11.3 Å². The molecule has 0 saturated carbocycles. The molecule has 3 aromatic rings. The summed E-state index contributed by atoms with van der Waals surface area (Å²) in [5.41, 5.74) is 1.85. The maximum Gasteiger partial charge on any atom is 0.410 e. The van der Waals surface area contributed by atoms with Gasteiger partial charge in [-0.1, -0.05) is 30.3 Å². The minimum absolute atomic E-state index is 0.248. The van der Waals surface area contributed by atoms with E-state index in [9.17, 15) is 4.79 Å². The van der Waals surface area contributed by atoms with Gasteiger partial charge in [0.25, 0.3) is 0 Å². The zero-order valence-electron chi connectivity index (χ0n) is 17.3. The van der Waals surface area contributed by atoms with Crippen LogP contribution in [0.3, 0.4) is 0 Å². The van der Waals surface area contributed by atoms with Crippen LogP contribution in [0.1, 0.15) is 26.6 Å². The van der Waals surface area contributed by atoms with Crippen molar-refractivity contribution in [2.75, 3.05) is 31.1 Å². The molecule has 0 spiro atoms. The van der Waals surface area contributed by atoms with Crippen LogP contribution in [0.5, 0.6) is 0 Å². The molecule has 1 aromatic carbocycles. The molecular weight excluding hydrogens is 384 g/mol. The number of anilines is 1. The second kappa shape index (κ2) is 7.63. The first kappa shape index (κ1) is 19.6. The Morgan fingerprint density at radius 1 is 1.07 bits per heavy atom. The minimum Gasteiger partial charge on any atom is -0.444 e. The number of ether oxygens (including phenoxy) is 1. The summed E-state index contributed by atoms with van der Waals surface area (Å²) >= 11 is 1.65. The number of carbonyl (C=O) groups is 1. The van der Waals surface area contributed by atoms with Gasteiger partial charge in [0.05, 0.1) is 5.39 Å². The second-order valence-corrected chi connectivity index (χ2v) is 9.10. The summed E-state index contributed by atoms with van der Waals surface area (Å²) in [5.74, 6) is 1.72. The van der Waals surface area contributed by atoms with Crippen LogP contribution < -0.4 is 4.90 Å². The van der Waals surface area contributed by atoms with Crippen molar-refractivity contribution in [1.82, 2.24) is 14.9 Å². The monoisotopic (exact) mass is 410 g/mol. The molecule has 0 aliphatic carbocycles. The highest BCUT2D eigenvalue weighted by Gasteiger charge is 2.28. The van der Waals surface area contributed by atoms with Crippen molar-refractivity contribution < 1.29 is 9.53 Å². The molecule has 1 amide bonds. The third-order valence-electron chi connectivity index (χ3n) is 4.84. The van der Waals surface area contributed by atoms with E-state index in [1.165, 1.54) is 5.56 Å². The van der Waals surface area contributed by atoms with Gasteiger partial charge in [-0.05, 0) is 33.3 Å². The van der Waals surface area contributed by atoms with E-state index >= 15 is 0 Å². The van der Waals surface area contributed by atoms with Gasteiger partial charge in [-0.25, -0.2) is 14.8 Å². The summed E-state index contributed by atoms with van der Waals surface area (Å²) < 4.78 is 5.52. The van der Waals surface area contributed by atoms with Crippen molar-refractivity contribution in [3.05, 3.63) is 41.5 Å². The first-order chi connectivity index (χ1) is 13.8. The summed E-state index contributed by atoms with van der Waals surface area (Å²) in [6.45, 7) is 10.3. The average Bonchev–Trinajstić information content (AvgIpc) is 3.10. The second-order valence-electron chi connectivity index (χ2n) is 8.24. The summed E-state index contributed by atoms with van der Waals surface area (Å²) in [6.07, 6.45) is -0.248. The van der Waals surface area contributed by atoms with Crippen LogP contribution in [0, 0.1) is 6.92 Å². The number of piperazine rings is 1. The van der Waals surface area contributed by atoms with E-state index in [0.29, 0.717) is 13.1 Å². The molecule has 7 heteroatoms. The van der Waals surface area contributed by atoms with Crippen LogP contribution >= 0.6 is 11.3 Å². The Bertz CT molecular complexity index is 1020. The molecule has 1 saturated heterocycles. The Hall–Kier alpha value is -2.67.